The molecule has 4 heteroatoms. The summed E-state index contributed by atoms with van der Waals surface area (Å²) >= 11 is 2.16. The first-order valence-corrected chi connectivity index (χ1v) is 9.85. The monoisotopic (exact) mass is 459 g/mol. The zero-order chi connectivity index (χ0) is 18.5. The molecule has 3 aromatic carbocycles. The van der Waals surface area contributed by atoms with Crippen LogP contribution < -0.4 is 30.1 Å². The second-order valence-electron chi connectivity index (χ2n) is 5.52. The Morgan fingerprint density at radius 2 is 1.14 bits per heavy atom. The molecule has 0 saturated carbocycles. The summed E-state index contributed by atoms with van der Waals surface area (Å²) in [6, 6.07) is 31.1. The molecule has 0 saturated heterocycles. The molecule has 0 nitrogen and oxygen atoms in total. The molecule has 1 unspecified atom stereocenters. The van der Waals surface area contributed by atoms with Crippen molar-refractivity contribution in [3.8, 4) is 0 Å². The van der Waals surface area contributed by atoms with Crippen molar-refractivity contribution in [2.24, 2.45) is 0 Å². The molecule has 0 fully saturated rings. The van der Waals surface area contributed by atoms with Crippen LogP contribution in [-0.4, -0.2) is 3.81 Å². The van der Waals surface area contributed by atoms with Crippen molar-refractivity contribution in [1.82, 2.24) is 0 Å². The summed E-state index contributed by atoms with van der Waals surface area (Å²) in [5, 5.41) is 1.24. The van der Waals surface area contributed by atoms with E-state index in [4.69, 9.17) is 0 Å². The Morgan fingerprint density at radius 3 is 1.39 bits per heavy atom. The number of rotatable bonds is 2. The third kappa shape index (κ3) is 10.9. The standard InChI is InChI=1S/C13H10.C6H7P.C5H5.2ClH.Ti/c1-3-7-12(8-4-1)11-13-9-5-2-6-10-13;7-6-4-2-1-3-5-6;1-2-4-5-3-1;;;/h1-10H;1-5H,7H2;1-3H,4H2;2*1H;/q;;-1;;;+2/p-2. The molecule has 1 aliphatic rings. The van der Waals surface area contributed by atoms with Gasteiger partial charge >= 0.3 is 95.6 Å². The van der Waals surface area contributed by atoms with Crippen molar-refractivity contribution < 1.29 is 44.8 Å². The van der Waals surface area contributed by atoms with E-state index in [2.05, 4.69) is 89.9 Å². The predicted octanol–water partition coefficient (Wildman–Crippen LogP) is -0.697. The zero-order valence-corrected chi connectivity index (χ0v) is 19.7. The molecule has 0 aliphatic heterocycles. The molecule has 28 heavy (non-hydrogen) atoms. The number of benzene rings is 3. The van der Waals surface area contributed by atoms with E-state index in [0.717, 1.165) is 6.42 Å². The first-order chi connectivity index (χ1) is 12.8. The number of hydrogen-bond donors (Lipinski definition) is 0. The topological polar surface area (TPSA) is 0 Å². The van der Waals surface area contributed by atoms with Crippen LogP contribution in [0.3, 0.4) is 0 Å². The van der Waals surface area contributed by atoms with Crippen molar-refractivity contribution in [2.75, 3.05) is 0 Å². The first-order valence-electron chi connectivity index (χ1n) is 8.49. The van der Waals surface area contributed by atoms with Gasteiger partial charge in [0, 0.05) is 0 Å². The Bertz CT molecular complexity index is 781. The van der Waals surface area contributed by atoms with Gasteiger partial charge in [-0.05, 0) is 5.30 Å². The van der Waals surface area contributed by atoms with Crippen LogP contribution in [0.5, 0.6) is 0 Å². The van der Waals surface area contributed by atoms with Crippen molar-refractivity contribution in [3.05, 3.63) is 126 Å². The zero-order valence-electron chi connectivity index (χ0n) is 15.4. The molecule has 1 aliphatic carbocycles. The van der Waals surface area contributed by atoms with Gasteiger partial charge in [-0.1, -0.05) is 30.3 Å². The molecule has 4 rings (SSSR count). The van der Waals surface area contributed by atoms with Gasteiger partial charge in [-0.25, -0.2) is 12.2 Å². The molecule has 0 N–H and O–H groups in total. The van der Waals surface area contributed by atoms with Crippen LogP contribution in [0, 0.1) is 6.08 Å². The molecule has 0 radical (unpaired) electrons. The molecular weight excluding hydrogens is 438 g/mol. The number of halogens is 2. The minimum atomic E-state index is 0. The Balaban J connectivity index is 0.000000438. The quantitative estimate of drug-likeness (QED) is 0.270. The maximum atomic E-state index is 2.99. The third-order valence-corrected chi connectivity index (χ3v) is 4.80. The Labute approximate surface area is 195 Å². The van der Waals surface area contributed by atoms with Crippen LogP contribution in [0.2, 0.25) is 0 Å². The third-order valence-electron chi connectivity index (χ3n) is 3.51. The van der Waals surface area contributed by atoms with E-state index in [0.29, 0.717) is 0 Å². The SMILES string of the molecule is Pc1ccccc1.[C-]1=CC=CC1.[Cl-].[Cl-].[Ti+2]=[C](c1ccccc1)c1ccccc1. The maximum absolute atomic E-state index is 2.99. The summed E-state index contributed by atoms with van der Waals surface area (Å²) in [5.74, 6) is 0. The molecular formula is C24H22Cl2PTi-. The van der Waals surface area contributed by atoms with Gasteiger partial charge in [-0.3, -0.25) is 6.08 Å². The first kappa shape index (κ1) is 26.7. The fourth-order valence-corrected chi connectivity index (χ4v) is 2.91. The second-order valence-corrected chi connectivity index (χ2v) is 6.97. The van der Waals surface area contributed by atoms with Gasteiger partial charge in [0.15, 0.2) is 0 Å². The number of hydrogen-bond acceptors (Lipinski definition) is 0. The van der Waals surface area contributed by atoms with Crippen LogP contribution in [-0.2, 0) is 20.0 Å². The normalized spacial score (nSPS) is 10.2. The van der Waals surface area contributed by atoms with Crippen LogP contribution in [0.15, 0.2) is 109 Å². The van der Waals surface area contributed by atoms with E-state index in [1.807, 2.05) is 54.6 Å². The predicted molar refractivity (Wildman–Crippen MR) is 113 cm³/mol. The molecule has 0 aromatic heterocycles. The van der Waals surface area contributed by atoms with Gasteiger partial charge in [0.05, 0.1) is 0 Å². The minimum absolute atomic E-state index is 0. The molecule has 0 bridgehead atoms. The van der Waals surface area contributed by atoms with Crippen LogP contribution >= 0.6 is 9.24 Å². The molecule has 0 spiro atoms. The van der Waals surface area contributed by atoms with Gasteiger partial charge in [0.25, 0.3) is 0 Å². The van der Waals surface area contributed by atoms with Crippen molar-refractivity contribution in [1.29, 1.82) is 0 Å². The van der Waals surface area contributed by atoms with E-state index >= 15 is 0 Å². The van der Waals surface area contributed by atoms with Gasteiger partial charge in [-0.15, -0.1) is 15.7 Å². The van der Waals surface area contributed by atoms with Gasteiger partial charge in [0.2, 0.25) is 0 Å². The molecule has 3 aromatic rings. The fraction of sp³-hybridized carbons (Fsp3) is 0.0417. The summed E-state index contributed by atoms with van der Waals surface area (Å²) in [6.45, 7) is 0. The number of allylic oxidation sites excluding steroid dienone is 4. The fourth-order valence-electron chi connectivity index (χ4n) is 2.17. The summed E-state index contributed by atoms with van der Waals surface area (Å²) in [4.78, 5) is 0. The van der Waals surface area contributed by atoms with E-state index < -0.39 is 0 Å². The average molecular weight is 460 g/mol. The summed E-state index contributed by atoms with van der Waals surface area (Å²) in [7, 11) is 2.63. The van der Waals surface area contributed by atoms with Gasteiger partial charge in [0.1, 0.15) is 0 Å². The van der Waals surface area contributed by atoms with Crippen molar-refractivity contribution in [3.63, 3.8) is 0 Å². The summed E-state index contributed by atoms with van der Waals surface area (Å²) < 4.78 is 1.33. The van der Waals surface area contributed by atoms with E-state index in [9.17, 15) is 0 Å². The summed E-state index contributed by atoms with van der Waals surface area (Å²) in [6.07, 6.45) is 10.0. The summed E-state index contributed by atoms with van der Waals surface area (Å²) in [5.41, 5.74) is 2.58. The average Bonchev–Trinajstić information content (AvgIpc) is 3.30. The van der Waals surface area contributed by atoms with E-state index in [-0.39, 0.29) is 24.8 Å². The van der Waals surface area contributed by atoms with Crippen LogP contribution in [0.1, 0.15) is 17.5 Å². The second kappa shape index (κ2) is 16.7. The van der Waals surface area contributed by atoms with E-state index in [1.54, 1.807) is 0 Å². The molecule has 0 heterocycles. The Kier molecular flexibility index (Phi) is 15.9. The van der Waals surface area contributed by atoms with Crippen LogP contribution in [0.4, 0.5) is 0 Å². The Morgan fingerprint density at radius 1 is 0.714 bits per heavy atom. The van der Waals surface area contributed by atoms with Gasteiger partial charge < -0.3 is 24.8 Å². The molecule has 1 atom stereocenters. The van der Waals surface area contributed by atoms with Crippen molar-refractivity contribution >= 4 is 18.4 Å². The van der Waals surface area contributed by atoms with E-state index in [1.165, 1.54) is 20.2 Å². The molecule has 142 valence electrons. The molecule has 0 amide bonds. The van der Waals surface area contributed by atoms with Crippen LogP contribution in [0.25, 0.3) is 0 Å². The van der Waals surface area contributed by atoms with Crippen molar-refractivity contribution in [2.45, 2.75) is 6.42 Å². The Hall–Kier alpha value is -1.27. The van der Waals surface area contributed by atoms with Gasteiger partial charge in [-0.2, -0.15) is 6.08 Å².